The van der Waals surface area contributed by atoms with E-state index in [2.05, 4.69) is 13.8 Å². The third kappa shape index (κ3) is 11.7. The molecule has 1 rings (SSSR count). The molecule has 1 aromatic rings. The molecule has 0 heterocycles. The molecule has 0 aliphatic carbocycles. The first-order chi connectivity index (χ1) is 13.8. The third-order valence-corrected chi connectivity index (χ3v) is 5.50. The predicted molar refractivity (Wildman–Crippen MR) is 119 cm³/mol. The summed E-state index contributed by atoms with van der Waals surface area (Å²) in [7, 11) is 0. The van der Waals surface area contributed by atoms with Gasteiger partial charge in [-0.1, -0.05) is 74.3 Å². The molecule has 1 aromatic carbocycles. The van der Waals surface area contributed by atoms with Crippen LogP contribution in [-0.2, 0) is 14.3 Å². The highest BCUT2D eigenvalue weighted by Crippen LogP contribution is 2.38. The van der Waals surface area contributed by atoms with E-state index in [0.29, 0.717) is 30.4 Å². The molecule has 0 atom stereocenters. The van der Waals surface area contributed by atoms with Gasteiger partial charge in [-0.15, -0.1) is 0 Å². The molecule has 0 unspecified atom stereocenters. The van der Waals surface area contributed by atoms with Crippen molar-refractivity contribution in [1.29, 1.82) is 0 Å². The van der Waals surface area contributed by atoms with Gasteiger partial charge in [-0.25, -0.2) is 0 Å². The summed E-state index contributed by atoms with van der Waals surface area (Å²) in [6.07, 6.45) is 8.31. The number of unbranched alkanes of at least 4 members (excludes halogenated alkanes) is 5. The highest BCUT2D eigenvalue weighted by Gasteiger charge is 2.14. The van der Waals surface area contributed by atoms with Gasteiger partial charge in [0.15, 0.2) is 5.75 Å². The zero-order chi connectivity index (χ0) is 21.6. The van der Waals surface area contributed by atoms with Crippen molar-refractivity contribution < 1.29 is 19.1 Å². The molecule has 0 N–H and O–H groups in total. The van der Waals surface area contributed by atoms with Crippen molar-refractivity contribution in [2.24, 2.45) is 5.92 Å². The summed E-state index contributed by atoms with van der Waals surface area (Å²) in [5, 5.41) is 0.690. The van der Waals surface area contributed by atoms with Gasteiger partial charge in [0.05, 0.1) is 16.7 Å². The van der Waals surface area contributed by atoms with E-state index in [9.17, 15) is 9.59 Å². The van der Waals surface area contributed by atoms with Gasteiger partial charge >= 0.3 is 11.9 Å². The highest BCUT2D eigenvalue weighted by atomic mass is 35.5. The molecular formula is C22H31Cl3O4. The number of benzene rings is 1. The Bertz CT molecular complexity index is 647. The van der Waals surface area contributed by atoms with Gasteiger partial charge in [-0.3, -0.25) is 9.59 Å². The summed E-state index contributed by atoms with van der Waals surface area (Å²) >= 11 is 17.9. The molecule has 0 bridgehead atoms. The van der Waals surface area contributed by atoms with E-state index >= 15 is 0 Å². The van der Waals surface area contributed by atoms with Crippen LogP contribution in [0.4, 0.5) is 0 Å². The number of esters is 2. The Kier molecular flexibility index (Phi) is 13.4. The molecule has 0 spiro atoms. The number of halogens is 3. The lowest BCUT2D eigenvalue weighted by Gasteiger charge is -2.09. The van der Waals surface area contributed by atoms with Gasteiger partial charge in [0, 0.05) is 12.8 Å². The molecule has 0 aliphatic heterocycles. The third-order valence-electron chi connectivity index (χ3n) is 4.42. The van der Waals surface area contributed by atoms with Gasteiger partial charge in [0.25, 0.3) is 0 Å². The zero-order valence-electron chi connectivity index (χ0n) is 17.3. The molecule has 0 radical (unpaired) electrons. The quantitative estimate of drug-likeness (QED) is 0.122. The lowest BCUT2D eigenvalue weighted by Crippen LogP contribution is -2.08. The minimum absolute atomic E-state index is 0.102. The van der Waals surface area contributed by atoms with Crippen molar-refractivity contribution in [2.45, 2.75) is 78.1 Å². The summed E-state index contributed by atoms with van der Waals surface area (Å²) < 4.78 is 10.5. The second-order valence-corrected chi connectivity index (χ2v) is 8.72. The van der Waals surface area contributed by atoms with E-state index in [1.807, 2.05) is 0 Å². The molecule has 7 heteroatoms. The van der Waals surface area contributed by atoms with E-state index in [4.69, 9.17) is 44.3 Å². The van der Waals surface area contributed by atoms with Crippen LogP contribution in [0.1, 0.15) is 78.1 Å². The Morgan fingerprint density at radius 1 is 0.828 bits per heavy atom. The summed E-state index contributed by atoms with van der Waals surface area (Å²) in [6, 6.07) is 3.09. The summed E-state index contributed by atoms with van der Waals surface area (Å²) in [5.74, 6) is 0.274. The Morgan fingerprint density at radius 3 is 2.00 bits per heavy atom. The maximum atomic E-state index is 11.9. The van der Waals surface area contributed by atoms with Crippen LogP contribution in [-0.4, -0.2) is 18.5 Å². The molecule has 4 nitrogen and oxygen atoms in total. The first kappa shape index (κ1) is 26.1. The van der Waals surface area contributed by atoms with E-state index in [0.717, 1.165) is 51.4 Å². The number of ether oxygens (including phenoxy) is 2. The van der Waals surface area contributed by atoms with E-state index in [-0.39, 0.29) is 27.7 Å². The van der Waals surface area contributed by atoms with Crippen LogP contribution >= 0.6 is 34.8 Å². The molecule has 0 fully saturated rings. The topological polar surface area (TPSA) is 52.6 Å². The minimum atomic E-state index is -0.378. The van der Waals surface area contributed by atoms with Crippen molar-refractivity contribution >= 4 is 46.7 Å². The Hall–Kier alpha value is -0.970. The zero-order valence-corrected chi connectivity index (χ0v) is 19.5. The number of hydrogen-bond donors (Lipinski definition) is 0. The summed E-state index contributed by atoms with van der Waals surface area (Å²) in [4.78, 5) is 23.6. The van der Waals surface area contributed by atoms with E-state index < -0.39 is 0 Å². The Morgan fingerprint density at radius 2 is 1.38 bits per heavy atom. The number of rotatable bonds is 14. The average Bonchev–Trinajstić information content (AvgIpc) is 2.67. The van der Waals surface area contributed by atoms with E-state index in [1.54, 1.807) is 12.1 Å². The maximum absolute atomic E-state index is 11.9. The average molecular weight is 466 g/mol. The Balaban J connectivity index is 2.04. The number of hydrogen-bond acceptors (Lipinski definition) is 4. The van der Waals surface area contributed by atoms with Crippen LogP contribution in [0, 0.1) is 5.92 Å². The van der Waals surface area contributed by atoms with E-state index in [1.165, 1.54) is 0 Å². The lowest BCUT2D eigenvalue weighted by atomic mass is 10.1. The molecule has 0 aromatic heterocycles. The molecule has 0 saturated carbocycles. The smallest absolute Gasteiger partial charge is 0.311 e. The van der Waals surface area contributed by atoms with Crippen LogP contribution in [0.25, 0.3) is 0 Å². The molecule has 0 saturated heterocycles. The summed E-state index contributed by atoms with van der Waals surface area (Å²) in [5.41, 5.74) is 0. The predicted octanol–water partition coefficient (Wildman–Crippen LogP) is 7.65. The monoisotopic (exact) mass is 464 g/mol. The lowest BCUT2D eigenvalue weighted by molar-refractivity contribution is -0.144. The van der Waals surface area contributed by atoms with Gasteiger partial charge in [-0.05, 0) is 43.7 Å². The SMILES string of the molecule is CC(C)CCCOC(=O)CCCCCCCCC(=O)Oc1c(Cl)ccc(Cl)c1Cl. The van der Waals surface area contributed by atoms with Crippen molar-refractivity contribution in [2.75, 3.05) is 6.61 Å². The second kappa shape index (κ2) is 14.9. The van der Waals surface area contributed by atoms with Gasteiger partial charge in [0.2, 0.25) is 0 Å². The standard InChI is InChI=1S/C22H31Cl3O4/c1-16(2)10-9-15-28-19(26)11-7-5-3-4-6-8-12-20(27)29-22-18(24)14-13-17(23)21(22)25/h13-14,16H,3-12,15H2,1-2H3. The fourth-order valence-electron chi connectivity index (χ4n) is 2.76. The van der Waals surface area contributed by atoms with Crippen molar-refractivity contribution in [3.8, 4) is 5.75 Å². The van der Waals surface area contributed by atoms with Crippen LogP contribution in [0.5, 0.6) is 5.75 Å². The summed E-state index contributed by atoms with van der Waals surface area (Å²) in [6.45, 7) is 4.85. The molecule has 0 aliphatic rings. The molecule has 29 heavy (non-hydrogen) atoms. The van der Waals surface area contributed by atoms with Gasteiger partial charge in [0.1, 0.15) is 5.02 Å². The normalized spacial score (nSPS) is 11.0. The Labute approximate surface area is 189 Å². The molecular weight excluding hydrogens is 435 g/mol. The van der Waals surface area contributed by atoms with Crippen molar-refractivity contribution in [1.82, 2.24) is 0 Å². The van der Waals surface area contributed by atoms with Crippen LogP contribution in [0.15, 0.2) is 12.1 Å². The van der Waals surface area contributed by atoms with Crippen LogP contribution in [0.2, 0.25) is 15.1 Å². The van der Waals surface area contributed by atoms with Crippen molar-refractivity contribution in [3.63, 3.8) is 0 Å². The largest absolute Gasteiger partial charge is 0.466 e. The van der Waals surface area contributed by atoms with Crippen LogP contribution in [0.3, 0.4) is 0 Å². The van der Waals surface area contributed by atoms with Gasteiger partial charge in [-0.2, -0.15) is 0 Å². The highest BCUT2D eigenvalue weighted by molar-refractivity contribution is 6.44. The van der Waals surface area contributed by atoms with Crippen LogP contribution < -0.4 is 4.74 Å². The second-order valence-electron chi connectivity index (χ2n) is 7.52. The number of carbonyl (C=O) groups is 2. The fourth-order valence-corrected chi connectivity index (χ4v) is 3.36. The fraction of sp³-hybridized carbons (Fsp3) is 0.636. The molecule has 164 valence electrons. The molecule has 0 amide bonds. The first-order valence-corrected chi connectivity index (χ1v) is 11.4. The maximum Gasteiger partial charge on any atom is 0.311 e. The van der Waals surface area contributed by atoms with Gasteiger partial charge < -0.3 is 9.47 Å². The minimum Gasteiger partial charge on any atom is -0.466 e. The first-order valence-electron chi connectivity index (χ1n) is 10.3. The van der Waals surface area contributed by atoms with Crippen molar-refractivity contribution in [3.05, 3.63) is 27.2 Å². The number of carbonyl (C=O) groups excluding carboxylic acids is 2.